The number of carbonyl (C=O) groups excluding carboxylic acids is 2. The highest BCUT2D eigenvalue weighted by atomic mass is 16.5. The van der Waals surface area contributed by atoms with Crippen molar-refractivity contribution in [1.29, 1.82) is 0 Å². The minimum Gasteiger partial charge on any atom is -0.497 e. The normalized spacial score (nSPS) is 11.5. The molecule has 0 radical (unpaired) electrons. The number of nitrogens with zero attached hydrogens (tertiary/aromatic N) is 2. The predicted molar refractivity (Wildman–Crippen MR) is 143 cm³/mol. The first kappa shape index (κ1) is 25.7. The van der Waals surface area contributed by atoms with E-state index in [-0.39, 0.29) is 24.2 Å². The molecule has 1 heterocycles. The van der Waals surface area contributed by atoms with Gasteiger partial charge in [-0.1, -0.05) is 42.5 Å². The van der Waals surface area contributed by atoms with Gasteiger partial charge in [0.15, 0.2) is 5.69 Å². The number of rotatable bonds is 10. The average Bonchev–Trinajstić information content (AvgIpc) is 3.38. The summed E-state index contributed by atoms with van der Waals surface area (Å²) >= 11 is 0. The Balaban J connectivity index is 1.53. The minimum absolute atomic E-state index is 0.0327. The molecule has 4 rings (SSSR count). The van der Waals surface area contributed by atoms with Crippen molar-refractivity contribution in [3.05, 3.63) is 102 Å². The Morgan fingerprint density at radius 2 is 1.73 bits per heavy atom. The zero-order valence-corrected chi connectivity index (χ0v) is 21.3. The molecule has 0 spiro atoms. The van der Waals surface area contributed by atoms with Gasteiger partial charge in [0.25, 0.3) is 5.91 Å². The summed E-state index contributed by atoms with van der Waals surface area (Å²) in [7, 11) is 1.60. The molecule has 190 valence electrons. The molecule has 7 heteroatoms. The van der Waals surface area contributed by atoms with E-state index < -0.39 is 5.97 Å². The van der Waals surface area contributed by atoms with Crippen molar-refractivity contribution in [2.24, 2.45) is 0 Å². The van der Waals surface area contributed by atoms with Crippen LogP contribution in [0.2, 0.25) is 0 Å². The minimum atomic E-state index is -0.495. The summed E-state index contributed by atoms with van der Waals surface area (Å²) < 4.78 is 12.2. The Kier molecular flexibility index (Phi) is 8.36. The van der Waals surface area contributed by atoms with Crippen LogP contribution in [0.15, 0.2) is 84.9 Å². The summed E-state index contributed by atoms with van der Waals surface area (Å²) in [5, 5.41) is 7.58. The van der Waals surface area contributed by atoms with Crippen LogP contribution in [0.1, 0.15) is 46.7 Å². The highest BCUT2D eigenvalue weighted by Crippen LogP contribution is 2.27. The largest absolute Gasteiger partial charge is 0.497 e. The maximum absolute atomic E-state index is 12.8. The highest BCUT2D eigenvalue weighted by molar-refractivity contribution is 5.94. The molecule has 7 nitrogen and oxygen atoms in total. The third-order valence-corrected chi connectivity index (χ3v) is 6.02. The third kappa shape index (κ3) is 6.44. The van der Waals surface area contributed by atoms with Gasteiger partial charge in [0.2, 0.25) is 0 Å². The van der Waals surface area contributed by atoms with Crippen LogP contribution in [0, 0.1) is 0 Å². The zero-order valence-electron chi connectivity index (χ0n) is 21.3. The number of aryl methyl sites for hydroxylation is 1. The molecule has 37 heavy (non-hydrogen) atoms. The van der Waals surface area contributed by atoms with E-state index in [1.54, 1.807) is 36.9 Å². The quantitative estimate of drug-likeness (QED) is 0.294. The lowest BCUT2D eigenvalue weighted by Crippen LogP contribution is -2.32. The highest BCUT2D eigenvalue weighted by Gasteiger charge is 2.19. The van der Waals surface area contributed by atoms with Crippen molar-refractivity contribution in [3.8, 4) is 22.7 Å². The summed E-state index contributed by atoms with van der Waals surface area (Å²) in [5.74, 6) is 0.0648. The van der Waals surface area contributed by atoms with Crippen molar-refractivity contribution in [3.63, 3.8) is 0 Å². The van der Waals surface area contributed by atoms with Crippen LogP contribution in [0.3, 0.4) is 0 Å². The summed E-state index contributed by atoms with van der Waals surface area (Å²) in [6.45, 7) is 4.02. The first-order valence-electron chi connectivity index (χ1n) is 12.3. The molecule has 0 fully saturated rings. The van der Waals surface area contributed by atoms with E-state index >= 15 is 0 Å². The van der Waals surface area contributed by atoms with Gasteiger partial charge in [-0.05, 0) is 74.7 Å². The van der Waals surface area contributed by atoms with Crippen LogP contribution in [-0.4, -0.2) is 41.4 Å². The Labute approximate surface area is 217 Å². The van der Waals surface area contributed by atoms with Crippen molar-refractivity contribution >= 4 is 11.9 Å². The lowest BCUT2D eigenvalue weighted by molar-refractivity contribution is 0.0518. The first-order valence-corrected chi connectivity index (χ1v) is 12.3. The van der Waals surface area contributed by atoms with E-state index in [0.29, 0.717) is 22.7 Å². The van der Waals surface area contributed by atoms with Crippen LogP contribution in [0.4, 0.5) is 0 Å². The smallest absolute Gasteiger partial charge is 0.358 e. The molecule has 0 aliphatic rings. The van der Waals surface area contributed by atoms with Crippen LogP contribution >= 0.6 is 0 Å². The number of benzene rings is 3. The second-order valence-electron chi connectivity index (χ2n) is 8.72. The molecule has 1 amide bonds. The molecule has 1 N–H and O–H groups in total. The fraction of sp³-hybridized carbons (Fsp3) is 0.233. The number of methoxy groups -OCH3 is 1. The van der Waals surface area contributed by atoms with Crippen molar-refractivity contribution in [1.82, 2.24) is 15.1 Å². The molecule has 1 aromatic heterocycles. The van der Waals surface area contributed by atoms with Gasteiger partial charge >= 0.3 is 5.97 Å². The second kappa shape index (κ2) is 12.0. The summed E-state index contributed by atoms with van der Waals surface area (Å²) in [6, 6.07) is 26.6. The Hall–Kier alpha value is -4.39. The van der Waals surface area contributed by atoms with Gasteiger partial charge in [-0.25, -0.2) is 9.48 Å². The van der Waals surface area contributed by atoms with Gasteiger partial charge in [-0.15, -0.1) is 0 Å². The first-order chi connectivity index (χ1) is 18.0. The number of ether oxygens (including phenoxy) is 2. The molecule has 1 atom stereocenters. The van der Waals surface area contributed by atoms with Crippen LogP contribution in [-0.2, 0) is 11.2 Å². The van der Waals surface area contributed by atoms with Gasteiger partial charge in [0.1, 0.15) is 5.75 Å². The lowest BCUT2D eigenvalue weighted by atomic mass is 10.1. The number of amides is 1. The standard InChI is InChI=1S/C30H31N3O4/c1-4-37-30(35)27-20-28(24-11-8-12-26(19-24)36-3)33(32-27)25-17-15-23(16-18-25)29(34)31-21(2)13-14-22-9-6-5-7-10-22/h5-12,15-21H,4,13-14H2,1-3H3,(H,31,34)/t21-/m1/s1. The van der Waals surface area contributed by atoms with E-state index in [2.05, 4.69) is 22.5 Å². The summed E-state index contributed by atoms with van der Waals surface area (Å²) in [6.07, 6.45) is 1.75. The third-order valence-electron chi connectivity index (χ3n) is 6.02. The number of esters is 1. The number of hydrogen-bond acceptors (Lipinski definition) is 5. The lowest BCUT2D eigenvalue weighted by Gasteiger charge is -2.14. The maximum atomic E-state index is 12.8. The Morgan fingerprint density at radius 3 is 2.43 bits per heavy atom. The van der Waals surface area contributed by atoms with Crippen LogP contribution in [0.5, 0.6) is 5.75 Å². The van der Waals surface area contributed by atoms with E-state index in [4.69, 9.17) is 9.47 Å². The molecule has 0 bridgehead atoms. The van der Waals surface area contributed by atoms with Crippen molar-refractivity contribution in [2.75, 3.05) is 13.7 Å². The van der Waals surface area contributed by atoms with Crippen molar-refractivity contribution in [2.45, 2.75) is 32.7 Å². The molecule has 0 saturated carbocycles. The van der Waals surface area contributed by atoms with Crippen molar-refractivity contribution < 1.29 is 19.1 Å². The van der Waals surface area contributed by atoms with Gasteiger partial charge in [-0.2, -0.15) is 5.10 Å². The van der Waals surface area contributed by atoms with Crippen LogP contribution in [0.25, 0.3) is 16.9 Å². The predicted octanol–water partition coefficient (Wildman–Crippen LogP) is 5.48. The second-order valence-corrected chi connectivity index (χ2v) is 8.72. The summed E-state index contributed by atoms with van der Waals surface area (Å²) in [4.78, 5) is 25.2. The average molecular weight is 498 g/mol. The molecular formula is C30H31N3O4. The van der Waals surface area contributed by atoms with Gasteiger partial charge in [0, 0.05) is 17.2 Å². The van der Waals surface area contributed by atoms with Gasteiger partial charge in [-0.3, -0.25) is 4.79 Å². The van der Waals surface area contributed by atoms with Gasteiger partial charge in [0.05, 0.1) is 25.1 Å². The topological polar surface area (TPSA) is 82.5 Å². The molecule has 3 aromatic carbocycles. The molecule has 4 aromatic rings. The Morgan fingerprint density at radius 1 is 0.973 bits per heavy atom. The van der Waals surface area contributed by atoms with E-state index in [1.165, 1.54) is 5.56 Å². The summed E-state index contributed by atoms with van der Waals surface area (Å²) in [5.41, 5.74) is 4.25. The fourth-order valence-electron chi connectivity index (χ4n) is 4.03. The number of carbonyl (C=O) groups is 2. The monoisotopic (exact) mass is 497 g/mol. The molecule has 0 unspecified atom stereocenters. The number of hydrogen-bond donors (Lipinski definition) is 1. The van der Waals surface area contributed by atoms with E-state index in [1.807, 2.05) is 61.5 Å². The molecule has 0 saturated heterocycles. The van der Waals surface area contributed by atoms with E-state index in [9.17, 15) is 9.59 Å². The zero-order chi connectivity index (χ0) is 26.2. The molecule has 0 aliphatic carbocycles. The SMILES string of the molecule is CCOC(=O)c1cc(-c2cccc(OC)c2)n(-c2ccc(C(=O)N[C@H](C)CCc3ccccc3)cc2)n1. The maximum Gasteiger partial charge on any atom is 0.358 e. The number of aromatic nitrogens is 2. The fourth-order valence-corrected chi connectivity index (χ4v) is 4.03. The van der Waals surface area contributed by atoms with E-state index in [0.717, 1.165) is 18.4 Å². The Bertz CT molecular complexity index is 1350. The van der Waals surface area contributed by atoms with Gasteiger partial charge < -0.3 is 14.8 Å². The number of nitrogens with one attached hydrogen (secondary N) is 1. The molecular weight excluding hydrogens is 466 g/mol. The van der Waals surface area contributed by atoms with Crippen LogP contribution < -0.4 is 10.1 Å². The molecule has 0 aliphatic heterocycles.